The number of rotatable bonds is 5. The van der Waals surface area contributed by atoms with Crippen LogP contribution in [0.25, 0.3) is 0 Å². The van der Waals surface area contributed by atoms with Crippen LogP contribution in [0.5, 0.6) is 0 Å². The molecular formula is C15H19BrN2O2. The molecule has 2 rings (SSSR count). The first-order chi connectivity index (χ1) is 9.46. The van der Waals surface area contributed by atoms with E-state index in [1.165, 1.54) is 0 Å². The summed E-state index contributed by atoms with van der Waals surface area (Å²) in [7, 11) is 1.65. The molecule has 1 atom stereocenters. The summed E-state index contributed by atoms with van der Waals surface area (Å²) in [5, 5.41) is 15.3. The van der Waals surface area contributed by atoms with Crippen molar-refractivity contribution in [3.05, 3.63) is 51.8 Å². The van der Waals surface area contributed by atoms with Crippen molar-refractivity contribution in [1.82, 2.24) is 9.78 Å². The molecule has 0 aliphatic heterocycles. The van der Waals surface area contributed by atoms with Crippen LogP contribution in [0.3, 0.4) is 0 Å². The highest BCUT2D eigenvalue weighted by Crippen LogP contribution is 2.34. The predicted octanol–water partition coefficient (Wildman–Crippen LogP) is 2.86. The quantitative estimate of drug-likeness (QED) is 0.911. The molecule has 1 aromatic carbocycles. The summed E-state index contributed by atoms with van der Waals surface area (Å²) in [4.78, 5) is 0. The number of methoxy groups -OCH3 is 1. The molecule has 4 nitrogen and oxygen atoms in total. The monoisotopic (exact) mass is 338 g/mol. The Bertz CT molecular complexity index is 576. The minimum atomic E-state index is -1.11. The topological polar surface area (TPSA) is 47.3 Å². The number of halogens is 1. The molecule has 0 radical (unpaired) electrons. The summed E-state index contributed by atoms with van der Waals surface area (Å²) in [5.41, 5.74) is 1.62. The Morgan fingerprint density at radius 3 is 2.60 bits per heavy atom. The summed E-state index contributed by atoms with van der Waals surface area (Å²) >= 11 is 3.47. The number of aromatic nitrogens is 2. The molecular weight excluding hydrogens is 320 g/mol. The lowest BCUT2D eigenvalue weighted by molar-refractivity contribution is 0.0875. The Balaban J connectivity index is 2.42. The van der Waals surface area contributed by atoms with Gasteiger partial charge in [-0.1, -0.05) is 29.8 Å². The maximum atomic E-state index is 11.0. The molecule has 1 heterocycles. The molecule has 0 aliphatic rings. The van der Waals surface area contributed by atoms with Crippen LogP contribution in [0.15, 0.2) is 34.9 Å². The normalized spacial score (nSPS) is 14.2. The molecule has 0 saturated carbocycles. The van der Waals surface area contributed by atoms with Gasteiger partial charge in [-0.3, -0.25) is 4.68 Å². The SMILES string of the molecule is COCCn1ncc(Br)c1C(C)(O)c1ccc(C)cc1. The van der Waals surface area contributed by atoms with E-state index in [4.69, 9.17) is 4.74 Å². The highest BCUT2D eigenvalue weighted by Gasteiger charge is 2.32. The summed E-state index contributed by atoms with van der Waals surface area (Å²) < 4.78 is 7.65. The molecule has 0 bridgehead atoms. The Kier molecular flexibility index (Phi) is 4.62. The van der Waals surface area contributed by atoms with E-state index >= 15 is 0 Å². The number of hydrogen-bond acceptors (Lipinski definition) is 3. The van der Waals surface area contributed by atoms with Crippen LogP contribution in [0.1, 0.15) is 23.7 Å². The molecule has 0 spiro atoms. The highest BCUT2D eigenvalue weighted by molar-refractivity contribution is 9.10. The van der Waals surface area contributed by atoms with Gasteiger partial charge < -0.3 is 9.84 Å². The van der Waals surface area contributed by atoms with Crippen molar-refractivity contribution in [3.63, 3.8) is 0 Å². The van der Waals surface area contributed by atoms with Gasteiger partial charge in [0.1, 0.15) is 5.60 Å². The average Bonchev–Trinajstić information content (AvgIpc) is 2.78. The van der Waals surface area contributed by atoms with Crippen LogP contribution >= 0.6 is 15.9 Å². The Morgan fingerprint density at radius 1 is 1.35 bits per heavy atom. The molecule has 0 aliphatic carbocycles. The van der Waals surface area contributed by atoms with Gasteiger partial charge in [-0.15, -0.1) is 0 Å². The van der Waals surface area contributed by atoms with Crippen molar-refractivity contribution in [3.8, 4) is 0 Å². The Labute approximate surface area is 127 Å². The third-order valence-electron chi connectivity index (χ3n) is 3.38. The van der Waals surface area contributed by atoms with E-state index in [1.807, 2.05) is 31.2 Å². The molecule has 108 valence electrons. The van der Waals surface area contributed by atoms with Crippen LogP contribution < -0.4 is 0 Å². The van der Waals surface area contributed by atoms with E-state index in [-0.39, 0.29) is 0 Å². The van der Waals surface area contributed by atoms with E-state index < -0.39 is 5.60 Å². The first-order valence-electron chi connectivity index (χ1n) is 6.47. The van der Waals surface area contributed by atoms with Crippen molar-refractivity contribution >= 4 is 15.9 Å². The van der Waals surface area contributed by atoms with E-state index in [0.29, 0.717) is 13.2 Å². The summed E-state index contributed by atoms with van der Waals surface area (Å²) in [5.74, 6) is 0. The maximum Gasteiger partial charge on any atom is 0.129 e. The van der Waals surface area contributed by atoms with Crippen molar-refractivity contribution in [2.24, 2.45) is 0 Å². The van der Waals surface area contributed by atoms with Gasteiger partial charge in [0, 0.05) is 7.11 Å². The summed E-state index contributed by atoms with van der Waals surface area (Å²) in [6.07, 6.45) is 1.70. The second kappa shape index (κ2) is 6.08. The smallest absolute Gasteiger partial charge is 0.129 e. The number of aryl methyl sites for hydroxylation is 1. The van der Waals surface area contributed by atoms with Gasteiger partial charge >= 0.3 is 0 Å². The fourth-order valence-electron chi connectivity index (χ4n) is 2.21. The number of ether oxygens (including phenoxy) is 1. The van der Waals surface area contributed by atoms with Gasteiger partial charge in [0.05, 0.1) is 29.5 Å². The molecule has 0 saturated heterocycles. The minimum Gasteiger partial charge on any atom is -0.383 e. The lowest BCUT2D eigenvalue weighted by Gasteiger charge is -2.26. The van der Waals surface area contributed by atoms with Gasteiger partial charge in [-0.25, -0.2) is 0 Å². The van der Waals surface area contributed by atoms with Gasteiger partial charge in [0.25, 0.3) is 0 Å². The van der Waals surface area contributed by atoms with Crippen molar-refractivity contribution < 1.29 is 9.84 Å². The lowest BCUT2D eigenvalue weighted by atomic mass is 9.92. The minimum absolute atomic E-state index is 0.547. The van der Waals surface area contributed by atoms with Crippen LogP contribution in [-0.4, -0.2) is 28.6 Å². The molecule has 5 heteroatoms. The van der Waals surface area contributed by atoms with Gasteiger partial charge in [-0.2, -0.15) is 5.10 Å². The second-order valence-electron chi connectivity index (χ2n) is 5.00. The number of aliphatic hydroxyl groups is 1. The van der Waals surface area contributed by atoms with Gasteiger partial charge in [-0.05, 0) is 35.3 Å². The van der Waals surface area contributed by atoms with Gasteiger partial charge in [0.2, 0.25) is 0 Å². The van der Waals surface area contributed by atoms with Gasteiger partial charge in [0.15, 0.2) is 0 Å². The van der Waals surface area contributed by atoms with Crippen molar-refractivity contribution in [1.29, 1.82) is 0 Å². The first kappa shape index (κ1) is 15.2. The fraction of sp³-hybridized carbons (Fsp3) is 0.400. The zero-order valence-electron chi connectivity index (χ0n) is 11.9. The van der Waals surface area contributed by atoms with E-state index in [9.17, 15) is 5.11 Å². The predicted molar refractivity (Wildman–Crippen MR) is 81.7 cm³/mol. The first-order valence-corrected chi connectivity index (χ1v) is 7.26. The fourth-order valence-corrected chi connectivity index (χ4v) is 2.89. The molecule has 0 amide bonds. The number of hydrogen-bond donors (Lipinski definition) is 1. The van der Waals surface area contributed by atoms with E-state index in [2.05, 4.69) is 21.0 Å². The van der Waals surface area contributed by atoms with E-state index in [1.54, 1.807) is 24.9 Å². The number of benzene rings is 1. The average molecular weight is 339 g/mol. The molecule has 2 aromatic rings. The Morgan fingerprint density at radius 2 is 2.00 bits per heavy atom. The largest absolute Gasteiger partial charge is 0.383 e. The molecule has 0 fully saturated rings. The molecule has 20 heavy (non-hydrogen) atoms. The van der Waals surface area contributed by atoms with Crippen LogP contribution in [0, 0.1) is 6.92 Å². The van der Waals surface area contributed by atoms with Crippen LogP contribution in [0.2, 0.25) is 0 Å². The van der Waals surface area contributed by atoms with Crippen molar-refractivity contribution in [2.45, 2.75) is 26.0 Å². The highest BCUT2D eigenvalue weighted by atomic mass is 79.9. The molecule has 1 unspecified atom stereocenters. The third kappa shape index (κ3) is 2.95. The van der Waals surface area contributed by atoms with Crippen molar-refractivity contribution in [2.75, 3.05) is 13.7 Å². The zero-order chi connectivity index (χ0) is 14.8. The standard InChI is InChI=1S/C15H19BrN2O2/c1-11-4-6-12(7-5-11)15(2,19)14-13(16)10-17-18(14)8-9-20-3/h4-7,10,19H,8-9H2,1-3H3. The van der Waals surface area contributed by atoms with E-state index in [0.717, 1.165) is 21.3 Å². The number of nitrogens with zero attached hydrogens (tertiary/aromatic N) is 2. The molecule has 1 aromatic heterocycles. The summed E-state index contributed by atoms with van der Waals surface area (Å²) in [6.45, 7) is 4.95. The zero-order valence-corrected chi connectivity index (χ0v) is 13.5. The van der Waals surface area contributed by atoms with Crippen LogP contribution in [0.4, 0.5) is 0 Å². The second-order valence-corrected chi connectivity index (χ2v) is 5.85. The summed E-state index contributed by atoms with van der Waals surface area (Å²) in [6, 6.07) is 7.87. The Hall–Kier alpha value is -1.17. The van der Waals surface area contributed by atoms with Crippen LogP contribution in [-0.2, 0) is 16.9 Å². The molecule has 1 N–H and O–H groups in total. The maximum absolute atomic E-state index is 11.0. The lowest BCUT2D eigenvalue weighted by Crippen LogP contribution is -2.28. The third-order valence-corrected chi connectivity index (χ3v) is 3.96.